The minimum Gasteiger partial charge on any atom is -0.394 e. The van der Waals surface area contributed by atoms with Gasteiger partial charge in [0.05, 0.1) is 19.0 Å². The van der Waals surface area contributed by atoms with E-state index in [9.17, 15) is 19.8 Å². The van der Waals surface area contributed by atoms with E-state index in [2.05, 4.69) is 20.3 Å². The van der Waals surface area contributed by atoms with Crippen molar-refractivity contribution in [2.24, 2.45) is 5.92 Å². The molecule has 1 aliphatic rings. The summed E-state index contributed by atoms with van der Waals surface area (Å²) in [7, 11) is 0. The van der Waals surface area contributed by atoms with E-state index in [-0.39, 0.29) is 42.0 Å². The lowest BCUT2D eigenvalue weighted by Crippen LogP contribution is -2.24. The van der Waals surface area contributed by atoms with Crippen LogP contribution in [0.5, 0.6) is 0 Å². The highest BCUT2D eigenvalue weighted by atomic mass is 16.5. The fourth-order valence-corrected chi connectivity index (χ4v) is 2.51. The van der Waals surface area contributed by atoms with E-state index < -0.39 is 24.0 Å². The number of carbonyl (C=O) groups is 1. The van der Waals surface area contributed by atoms with E-state index in [0.717, 1.165) is 0 Å². The summed E-state index contributed by atoms with van der Waals surface area (Å²) in [6.45, 7) is 3.13. The highest BCUT2D eigenvalue weighted by molar-refractivity contribution is 5.91. The first-order chi connectivity index (χ1) is 11.4. The van der Waals surface area contributed by atoms with E-state index in [1.54, 1.807) is 13.8 Å². The topological polar surface area (TPSA) is 142 Å². The van der Waals surface area contributed by atoms with Gasteiger partial charge in [-0.05, 0) is 0 Å². The van der Waals surface area contributed by atoms with Crippen molar-refractivity contribution in [3.8, 4) is 0 Å². The van der Waals surface area contributed by atoms with Crippen molar-refractivity contribution < 1.29 is 19.7 Å². The number of imidazole rings is 1. The van der Waals surface area contributed by atoms with E-state index in [1.807, 2.05) is 0 Å². The van der Waals surface area contributed by atoms with Crippen LogP contribution in [-0.2, 0) is 9.53 Å². The van der Waals surface area contributed by atoms with Gasteiger partial charge in [0.2, 0.25) is 11.9 Å². The summed E-state index contributed by atoms with van der Waals surface area (Å²) in [5.41, 5.74) is -0.160. The molecule has 3 rings (SSSR count). The largest absolute Gasteiger partial charge is 0.394 e. The minimum absolute atomic E-state index is 0.0187. The first-order valence-corrected chi connectivity index (χ1v) is 7.62. The molecule has 1 amide bonds. The van der Waals surface area contributed by atoms with E-state index in [1.165, 1.54) is 10.9 Å². The van der Waals surface area contributed by atoms with Crippen molar-refractivity contribution in [1.29, 1.82) is 0 Å². The van der Waals surface area contributed by atoms with Gasteiger partial charge in [0.1, 0.15) is 12.3 Å². The number of H-pyrrole nitrogens is 1. The smallest absolute Gasteiger partial charge is 0.280 e. The average molecular weight is 337 g/mol. The molecule has 0 saturated carbocycles. The van der Waals surface area contributed by atoms with Crippen LogP contribution in [-0.4, -0.2) is 54.5 Å². The van der Waals surface area contributed by atoms with Gasteiger partial charge in [-0.15, -0.1) is 0 Å². The zero-order valence-corrected chi connectivity index (χ0v) is 13.3. The Morgan fingerprint density at radius 1 is 1.58 bits per heavy atom. The predicted molar refractivity (Wildman–Crippen MR) is 83.2 cm³/mol. The van der Waals surface area contributed by atoms with Gasteiger partial charge < -0.3 is 14.9 Å². The molecule has 4 N–H and O–H groups in total. The van der Waals surface area contributed by atoms with Crippen LogP contribution in [0.1, 0.15) is 26.5 Å². The van der Waals surface area contributed by atoms with Crippen LogP contribution in [0.4, 0.5) is 5.95 Å². The zero-order chi connectivity index (χ0) is 17.4. The molecule has 2 unspecified atom stereocenters. The van der Waals surface area contributed by atoms with E-state index in [4.69, 9.17) is 4.74 Å². The normalized spacial score (nSPS) is 24.0. The molecule has 0 bridgehead atoms. The number of aromatic amines is 1. The molecule has 0 radical (unpaired) electrons. The standard InChI is InChI=1S/C14H19N5O5/c1-6(2)12(22)17-14-16-11-10(13(23)18-14)15-5-19(11)9-3-7(21)8(4-20)24-9/h5-9,20-21H,3-4H2,1-2H3,(H2,16,17,18,22,23)/t7-,8?,9?/m0/s1. The molecule has 0 spiro atoms. The molecule has 3 atom stereocenters. The Kier molecular flexibility index (Phi) is 4.35. The Bertz CT molecular complexity index is 813. The lowest BCUT2D eigenvalue weighted by Gasteiger charge is -2.14. The van der Waals surface area contributed by atoms with Gasteiger partial charge in [0.15, 0.2) is 11.2 Å². The van der Waals surface area contributed by atoms with Crippen molar-refractivity contribution in [1.82, 2.24) is 19.5 Å². The first kappa shape index (κ1) is 16.6. The first-order valence-electron chi connectivity index (χ1n) is 7.62. The van der Waals surface area contributed by atoms with Crippen molar-refractivity contribution in [2.45, 2.75) is 38.7 Å². The lowest BCUT2D eigenvalue weighted by molar-refractivity contribution is -0.118. The number of aliphatic hydroxyl groups excluding tert-OH is 2. The highest BCUT2D eigenvalue weighted by Gasteiger charge is 2.35. The number of aromatic nitrogens is 4. The van der Waals surface area contributed by atoms with Crippen LogP contribution in [0, 0.1) is 5.92 Å². The van der Waals surface area contributed by atoms with Gasteiger partial charge >= 0.3 is 0 Å². The third kappa shape index (κ3) is 2.90. The molecule has 130 valence electrons. The van der Waals surface area contributed by atoms with Crippen LogP contribution in [0.3, 0.4) is 0 Å². The second-order valence-corrected chi connectivity index (χ2v) is 6.00. The molecule has 3 heterocycles. The number of carbonyl (C=O) groups excluding carboxylic acids is 1. The van der Waals surface area contributed by atoms with Crippen LogP contribution >= 0.6 is 0 Å². The Balaban J connectivity index is 1.97. The fraction of sp³-hybridized carbons (Fsp3) is 0.571. The number of fused-ring (bicyclic) bond motifs is 1. The molecule has 24 heavy (non-hydrogen) atoms. The Hall–Kier alpha value is -2.30. The number of nitrogens with one attached hydrogen (secondary N) is 2. The summed E-state index contributed by atoms with van der Waals surface area (Å²) in [6.07, 6.45) is -0.504. The Morgan fingerprint density at radius 2 is 2.33 bits per heavy atom. The van der Waals surface area contributed by atoms with Crippen molar-refractivity contribution >= 4 is 23.0 Å². The second kappa shape index (κ2) is 6.30. The van der Waals surface area contributed by atoms with Crippen molar-refractivity contribution in [3.63, 3.8) is 0 Å². The summed E-state index contributed by atoms with van der Waals surface area (Å²) in [5.74, 6) is -0.531. The van der Waals surface area contributed by atoms with Crippen LogP contribution in [0.2, 0.25) is 0 Å². The Morgan fingerprint density at radius 3 is 2.96 bits per heavy atom. The monoisotopic (exact) mass is 337 g/mol. The molecule has 1 fully saturated rings. The summed E-state index contributed by atoms with van der Waals surface area (Å²) in [5, 5.41) is 21.6. The summed E-state index contributed by atoms with van der Waals surface area (Å²) < 4.78 is 7.07. The second-order valence-electron chi connectivity index (χ2n) is 6.00. The third-order valence-corrected chi connectivity index (χ3v) is 3.89. The quantitative estimate of drug-likeness (QED) is 0.581. The Labute approximate surface area is 136 Å². The fourth-order valence-electron chi connectivity index (χ4n) is 2.51. The molecule has 0 aliphatic carbocycles. The maximum atomic E-state index is 12.1. The van der Waals surface area contributed by atoms with Crippen molar-refractivity contribution in [3.05, 3.63) is 16.7 Å². The number of hydrogen-bond acceptors (Lipinski definition) is 7. The number of nitrogens with zero attached hydrogens (tertiary/aromatic N) is 3. The average Bonchev–Trinajstić information content (AvgIpc) is 3.10. The maximum absolute atomic E-state index is 12.1. The predicted octanol–water partition coefficient (Wildman–Crippen LogP) is -0.645. The molecule has 1 aliphatic heterocycles. The number of aliphatic hydroxyl groups is 2. The molecule has 2 aromatic rings. The highest BCUT2D eigenvalue weighted by Crippen LogP contribution is 2.30. The van der Waals surface area contributed by atoms with Crippen LogP contribution < -0.4 is 10.9 Å². The number of hydrogen-bond donors (Lipinski definition) is 4. The molecular formula is C14H19N5O5. The van der Waals surface area contributed by atoms with Gasteiger partial charge in [-0.3, -0.25) is 24.5 Å². The van der Waals surface area contributed by atoms with Gasteiger partial charge in [-0.1, -0.05) is 13.8 Å². The summed E-state index contributed by atoms with van der Waals surface area (Å²) in [4.78, 5) is 34.6. The van der Waals surface area contributed by atoms with Crippen LogP contribution in [0.25, 0.3) is 11.2 Å². The number of ether oxygens (including phenoxy) is 1. The maximum Gasteiger partial charge on any atom is 0.280 e. The van der Waals surface area contributed by atoms with Gasteiger partial charge in [0, 0.05) is 12.3 Å². The van der Waals surface area contributed by atoms with E-state index >= 15 is 0 Å². The number of amides is 1. The van der Waals surface area contributed by atoms with Gasteiger partial charge in [0.25, 0.3) is 5.56 Å². The van der Waals surface area contributed by atoms with Gasteiger partial charge in [-0.2, -0.15) is 4.98 Å². The summed E-state index contributed by atoms with van der Waals surface area (Å²) >= 11 is 0. The van der Waals surface area contributed by atoms with Gasteiger partial charge in [-0.25, -0.2) is 4.98 Å². The number of rotatable bonds is 4. The molecular weight excluding hydrogens is 318 g/mol. The third-order valence-electron chi connectivity index (χ3n) is 3.89. The molecule has 10 nitrogen and oxygen atoms in total. The lowest BCUT2D eigenvalue weighted by atomic mass is 10.2. The van der Waals surface area contributed by atoms with Crippen LogP contribution in [0.15, 0.2) is 11.1 Å². The minimum atomic E-state index is -0.820. The van der Waals surface area contributed by atoms with Crippen molar-refractivity contribution in [2.75, 3.05) is 11.9 Å². The SMILES string of the molecule is CC(C)C(=O)Nc1nc2c(ncn2C2C[C@H](O)C(CO)O2)c(=O)[nH]1. The number of anilines is 1. The zero-order valence-electron chi connectivity index (χ0n) is 13.3. The molecule has 10 heteroatoms. The molecule has 1 saturated heterocycles. The summed E-state index contributed by atoms with van der Waals surface area (Å²) in [6, 6.07) is 0. The molecule has 2 aromatic heterocycles. The molecule has 0 aromatic carbocycles. The van der Waals surface area contributed by atoms with E-state index in [0.29, 0.717) is 0 Å².